The van der Waals surface area contributed by atoms with Crippen LogP contribution in [0.5, 0.6) is 0 Å². The minimum atomic E-state index is -4.90. The minimum Gasteiger partial charge on any atom is -0.398 e. The monoisotopic (exact) mass is 342 g/mol. The van der Waals surface area contributed by atoms with Gasteiger partial charge in [-0.05, 0) is 24.6 Å². The molecule has 1 aromatic heterocycles. The Morgan fingerprint density at radius 2 is 1.87 bits per heavy atom. The molecule has 2 aromatic rings. The second kappa shape index (κ2) is 6.00. The van der Waals surface area contributed by atoms with Gasteiger partial charge in [0, 0.05) is 29.1 Å². The number of rotatable bonds is 3. The van der Waals surface area contributed by atoms with E-state index in [1.165, 1.54) is 31.5 Å². The molecule has 8 heteroatoms. The van der Waals surface area contributed by atoms with Gasteiger partial charge in [0.25, 0.3) is 0 Å². The van der Waals surface area contributed by atoms with E-state index < -0.39 is 39.4 Å². The van der Waals surface area contributed by atoms with Gasteiger partial charge in [-0.25, -0.2) is 0 Å². The number of nitrogens with two attached hydrogens (primary N) is 1. The number of halogens is 4. The number of hydrogen-bond donors (Lipinski definition) is 1. The highest BCUT2D eigenvalue weighted by Crippen LogP contribution is 2.43. The van der Waals surface area contributed by atoms with E-state index in [1.54, 1.807) is 0 Å². The summed E-state index contributed by atoms with van der Waals surface area (Å²) in [6, 6.07) is 2.67. The fraction of sp³-hybridized carbons (Fsp3) is 0.133. The van der Waals surface area contributed by atoms with Gasteiger partial charge in [0.1, 0.15) is 0 Å². The molecule has 2 rings (SSSR count). The number of pyridine rings is 1. The van der Waals surface area contributed by atoms with Crippen LogP contribution in [0, 0.1) is 6.92 Å². The number of benzene rings is 1. The number of carbonyl (C=O) groups excluding carboxylic acids is 2. The Kier molecular flexibility index (Phi) is 4.42. The molecule has 0 aliphatic heterocycles. The first-order valence-corrected chi connectivity index (χ1v) is 6.66. The lowest BCUT2D eigenvalue weighted by molar-refractivity contribution is -0.136. The molecular weight excluding hydrogens is 333 g/mol. The summed E-state index contributed by atoms with van der Waals surface area (Å²) < 4.78 is 39.6. The van der Waals surface area contributed by atoms with E-state index >= 15 is 0 Å². The molecular formula is C15H10ClF3N2O2. The van der Waals surface area contributed by atoms with Crippen molar-refractivity contribution in [3.05, 3.63) is 57.4 Å². The third kappa shape index (κ3) is 2.92. The lowest BCUT2D eigenvalue weighted by Gasteiger charge is -2.19. The molecule has 0 amide bonds. The van der Waals surface area contributed by atoms with Crippen molar-refractivity contribution in [1.29, 1.82) is 0 Å². The summed E-state index contributed by atoms with van der Waals surface area (Å²) in [6.07, 6.45) is -2.09. The van der Waals surface area contributed by atoms with Crippen molar-refractivity contribution in [2.45, 2.75) is 13.1 Å². The zero-order valence-corrected chi connectivity index (χ0v) is 12.5. The molecule has 0 saturated carbocycles. The van der Waals surface area contributed by atoms with Crippen LogP contribution in [-0.2, 0) is 6.18 Å². The van der Waals surface area contributed by atoms with Gasteiger partial charge in [-0.2, -0.15) is 13.2 Å². The molecule has 0 fully saturated rings. The molecule has 0 atom stereocenters. The van der Waals surface area contributed by atoms with E-state index in [-0.39, 0.29) is 17.4 Å². The maximum atomic E-state index is 13.2. The average Bonchev–Trinajstić information content (AvgIpc) is 2.46. The third-order valence-electron chi connectivity index (χ3n) is 3.35. The van der Waals surface area contributed by atoms with Crippen LogP contribution in [0.2, 0.25) is 5.02 Å². The second-order valence-electron chi connectivity index (χ2n) is 4.70. The Morgan fingerprint density at radius 3 is 2.35 bits per heavy atom. The van der Waals surface area contributed by atoms with Gasteiger partial charge in [0.05, 0.1) is 16.3 Å². The summed E-state index contributed by atoms with van der Waals surface area (Å²) in [5.74, 6) is -0.747. The number of nitrogens with zero attached hydrogens (tertiary/aromatic N) is 1. The zero-order valence-electron chi connectivity index (χ0n) is 11.7. The van der Waals surface area contributed by atoms with Crippen molar-refractivity contribution in [3.63, 3.8) is 0 Å². The van der Waals surface area contributed by atoms with Crippen LogP contribution in [0.3, 0.4) is 0 Å². The molecule has 1 heterocycles. The van der Waals surface area contributed by atoms with Crippen molar-refractivity contribution in [2.75, 3.05) is 5.73 Å². The summed E-state index contributed by atoms with van der Waals surface area (Å²) in [5, 5.41) is -0.820. The largest absolute Gasteiger partial charge is 0.419 e. The lowest BCUT2D eigenvalue weighted by atomic mass is 9.91. The smallest absolute Gasteiger partial charge is 0.398 e. The Hall–Kier alpha value is -2.41. The highest BCUT2D eigenvalue weighted by atomic mass is 35.5. The Morgan fingerprint density at radius 1 is 1.30 bits per heavy atom. The molecule has 0 unspecified atom stereocenters. The van der Waals surface area contributed by atoms with Gasteiger partial charge in [-0.3, -0.25) is 14.6 Å². The number of hydrogen-bond acceptors (Lipinski definition) is 4. The lowest BCUT2D eigenvalue weighted by Crippen LogP contribution is -2.17. The maximum Gasteiger partial charge on any atom is 0.419 e. The SMILES string of the molecule is Cc1c(C=O)c(N)c(C(F)(F)F)c(Cl)c1C(=O)c1ccncc1. The van der Waals surface area contributed by atoms with Gasteiger partial charge in [0.2, 0.25) is 0 Å². The van der Waals surface area contributed by atoms with Crippen LogP contribution < -0.4 is 5.73 Å². The van der Waals surface area contributed by atoms with Crippen molar-refractivity contribution >= 4 is 29.4 Å². The number of alkyl halides is 3. The van der Waals surface area contributed by atoms with E-state index in [4.69, 9.17) is 17.3 Å². The summed E-state index contributed by atoms with van der Waals surface area (Å²) in [5.41, 5.74) is 2.55. The molecule has 0 spiro atoms. The molecule has 1 aromatic carbocycles. The highest BCUT2D eigenvalue weighted by molar-refractivity contribution is 6.36. The highest BCUT2D eigenvalue weighted by Gasteiger charge is 2.39. The van der Waals surface area contributed by atoms with Crippen molar-refractivity contribution < 1.29 is 22.8 Å². The molecule has 0 aliphatic rings. The summed E-state index contributed by atoms with van der Waals surface area (Å²) in [6.45, 7) is 1.32. The van der Waals surface area contributed by atoms with Gasteiger partial charge in [0.15, 0.2) is 12.1 Å². The Bertz CT molecular complexity index is 790. The van der Waals surface area contributed by atoms with Crippen LogP contribution in [0.25, 0.3) is 0 Å². The van der Waals surface area contributed by atoms with E-state index in [0.29, 0.717) is 0 Å². The Balaban J connectivity index is 2.84. The molecule has 23 heavy (non-hydrogen) atoms. The molecule has 2 N–H and O–H groups in total. The normalized spacial score (nSPS) is 11.3. The summed E-state index contributed by atoms with van der Waals surface area (Å²) in [4.78, 5) is 27.4. The zero-order chi connectivity index (χ0) is 17.4. The van der Waals surface area contributed by atoms with Crippen LogP contribution in [-0.4, -0.2) is 17.1 Å². The summed E-state index contributed by atoms with van der Waals surface area (Å²) >= 11 is 5.83. The molecule has 0 aliphatic carbocycles. The van der Waals surface area contributed by atoms with Crippen LogP contribution in [0.4, 0.5) is 18.9 Å². The number of aromatic nitrogens is 1. The maximum absolute atomic E-state index is 13.2. The molecule has 0 bridgehead atoms. The first-order valence-electron chi connectivity index (χ1n) is 6.28. The van der Waals surface area contributed by atoms with E-state index in [0.717, 1.165) is 0 Å². The van der Waals surface area contributed by atoms with Crippen LogP contribution in [0.15, 0.2) is 24.5 Å². The fourth-order valence-electron chi connectivity index (χ4n) is 2.23. The number of anilines is 1. The number of carbonyl (C=O) groups is 2. The predicted octanol–water partition coefficient (Wildman–Crippen LogP) is 3.69. The molecule has 4 nitrogen and oxygen atoms in total. The van der Waals surface area contributed by atoms with Gasteiger partial charge in [-0.15, -0.1) is 0 Å². The first-order chi connectivity index (χ1) is 10.7. The van der Waals surface area contributed by atoms with E-state index in [9.17, 15) is 22.8 Å². The number of aldehydes is 1. The summed E-state index contributed by atoms with van der Waals surface area (Å²) in [7, 11) is 0. The quantitative estimate of drug-likeness (QED) is 0.524. The molecule has 0 radical (unpaired) electrons. The second-order valence-corrected chi connectivity index (χ2v) is 5.07. The first kappa shape index (κ1) is 17.0. The standard InChI is InChI=1S/C15H10ClF3N2O2/c1-7-9(6-22)13(20)11(15(17,18)19)12(16)10(7)14(23)8-2-4-21-5-3-8/h2-6H,20H2,1H3. The van der Waals surface area contributed by atoms with Crippen LogP contribution in [0.1, 0.15) is 37.4 Å². The minimum absolute atomic E-state index is 0.00249. The number of nitrogen functional groups attached to an aromatic ring is 1. The predicted molar refractivity (Wildman–Crippen MR) is 78.7 cm³/mol. The average molecular weight is 343 g/mol. The third-order valence-corrected chi connectivity index (χ3v) is 3.73. The van der Waals surface area contributed by atoms with Crippen molar-refractivity contribution in [2.24, 2.45) is 0 Å². The van der Waals surface area contributed by atoms with E-state index in [2.05, 4.69) is 4.98 Å². The molecule has 120 valence electrons. The van der Waals surface area contributed by atoms with E-state index in [1.807, 2.05) is 0 Å². The topological polar surface area (TPSA) is 73.1 Å². The van der Waals surface area contributed by atoms with Crippen LogP contribution >= 0.6 is 11.6 Å². The van der Waals surface area contributed by atoms with Gasteiger partial charge in [-0.1, -0.05) is 11.6 Å². The van der Waals surface area contributed by atoms with Crippen molar-refractivity contribution in [3.8, 4) is 0 Å². The molecule has 0 saturated heterocycles. The van der Waals surface area contributed by atoms with Gasteiger partial charge < -0.3 is 5.73 Å². The fourth-order valence-corrected chi connectivity index (χ4v) is 2.66. The number of ketones is 1. The Labute approximate surface area is 134 Å². The van der Waals surface area contributed by atoms with Crippen molar-refractivity contribution in [1.82, 2.24) is 4.98 Å². The van der Waals surface area contributed by atoms with Gasteiger partial charge >= 0.3 is 6.18 Å².